The Kier molecular flexibility index (Phi) is 4.09. The lowest BCUT2D eigenvalue weighted by atomic mass is 10.2. The summed E-state index contributed by atoms with van der Waals surface area (Å²) in [4.78, 5) is 12.6. The number of rotatable bonds is 4. The maximum atomic E-state index is 8.96. The van der Waals surface area contributed by atoms with Crippen LogP contribution in [0, 0.1) is 0 Å². The van der Waals surface area contributed by atoms with E-state index in [1.807, 2.05) is 60.7 Å². The van der Waals surface area contributed by atoms with Crippen molar-refractivity contribution in [2.24, 2.45) is 0 Å². The topological polar surface area (TPSA) is 88.4 Å². The van der Waals surface area contributed by atoms with Crippen LogP contribution in [0.3, 0.4) is 0 Å². The van der Waals surface area contributed by atoms with Crippen LogP contribution in [0.4, 0.5) is 0 Å². The largest absolute Gasteiger partial charge is 0.709 e. The molecule has 108 valence electrons. The van der Waals surface area contributed by atoms with Gasteiger partial charge in [-0.25, -0.2) is 4.98 Å². The molecule has 0 amide bonds. The van der Waals surface area contributed by atoms with E-state index in [1.54, 1.807) is 0 Å². The summed E-state index contributed by atoms with van der Waals surface area (Å²) in [5.74, 6) is 0.787. The summed E-state index contributed by atoms with van der Waals surface area (Å²) in [7, 11) is -1.99. The summed E-state index contributed by atoms with van der Waals surface area (Å²) < 4.78 is 4.79. The molecular formula is C15H12BN3O3. The molecule has 0 saturated carbocycles. The number of aromatic nitrogens is 3. The van der Waals surface area contributed by atoms with Crippen molar-refractivity contribution in [3.63, 3.8) is 0 Å². The Morgan fingerprint density at radius 1 is 0.682 bits per heavy atom. The van der Waals surface area contributed by atoms with Crippen LogP contribution >= 0.6 is 0 Å². The molecule has 3 aromatic rings. The van der Waals surface area contributed by atoms with Crippen molar-refractivity contribution in [1.82, 2.24) is 15.0 Å². The lowest BCUT2D eigenvalue weighted by Gasteiger charge is -2.08. The lowest BCUT2D eigenvalue weighted by molar-refractivity contribution is 0.278. The molecule has 6 nitrogen and oxygen atoms in total. The summed E-state index contributed by atoms with van der Waals surface area (Å²) >= 11 is 0. The third-order valence-electron chi connectivity index (χ3n) is 2.89. The maximum Gasteiger partial charge on any atom is 0.709 e. The average molecular weight is 293 g/mol. The second-order valence-corrected chi connectivity index (χ2v) is 4.44. The van der Waals surface area contributed by atoms with Crippen LogP contribution in [0.5, 0.6) is 6.01 Å². The minimum atomic E-state index is -1.99. The fraction of sp³-hybridized carbons (Fsp3) is 0. The number of hydrogen-bond donors (Lipinski definition) is 2. The molecular weight excluding hydrogens is 281 g/mol. The Morgan fingerprint density at radius 3 is 1.55 bits per heavy atom. The van der Waals surface area contributed by atoms with Crippen molar-refractivity contribution in [3.05, 3.63) is 60.7 Å². The van der Waals surface area contributed by atoms with Crippen molar-refractivity contribution < 1.29 is 14.7 Å². The molecule has 3 rings (SSSR count). The molecule has 0 bridgehead atoms. The summed E-state index contributed by atoms with van der Waals surface area (Å²) in [6.45, 7) is 0. The van der Waals surface area contributed by atoms with E-state index in [9.17, 15) is 0 Å². The SMILES string of the molecule is OB(O)Oc1nc(-c2ccccc2)nc(-c2ccccc2)n1. The number of nitrogens with zero attached hydrogens (tertiary/aromatic N) is 3. The Labute approximate surface area is 127 Å². The fourth-order valence-corrected chi connectivity index (χ4v) is 1.94. The van der Waals surface area contributed by atoms with Gasteiger partial charge in [0.05, 0.1) is 0 Å². The van der Waals surface area contributed by atoms with Gasteiger partial charge in [-0.2, -0.15) is 9.97 Å². The van der Waals surface area contributed by atoms with E-state index in [4.69, 9.17) is 14.7 Å². The summed E-state index contributed by atoms with van der Waals surface area (Å²) in [6.07, 6.45) is 0. The van der Waals surface area contributed by atoms with Crippen molar-refractivity contribution in [3.8, 4) is 28.8 Å². The van der Waals surface area contributed by atoms with Crippen LogP contribution in [-0.4, -0.2) is 32.3 Å². The van der Waals surface area contributed by atoms with Crippen molar-refractivity contribution in [2.45, 2.75) is 0 Å². The minimum Gasteiger partial charge on any atom is -0.483 e. The van der Waals surface area contributed by atoms with Crippen LogP contribution in [0.25, 0.3) is 22.8 Å². The maximum absolute atomic E-state index is 8.96. The van der Waals surface area contributed by atoms with Gasteiger partial charge in [0.2, 0.25) is 0 Å². The van der Waals surface area contributed by atoms with Crippen LogP contribution in [-0.2, 0) is 0 Å². The molecule has 0 atom stereocenters. The first-order chi connectivity index (χ1) is 10.7. The van der Waals surface area contributed by atoms with E-state index < -0.39 is 7.32 Å². The highest BCUT2D eigenvalue weighted by molar-refractivity contribution is 6.33. The highest BCUT2D eigenvalue weighted by Crippen LogP contribution is 2.22. The second kappa shape index (κ2) is 6.34. The zero-order valence-corrected chi connectivity index (χ0v) is 11.5. The molecule has 0 aliphatic rings. The zero-order chi connectivity index (χ0) is 15.4. The van der Waals surface area contributed by atoms with Gasteiger partial charge >= 0.3 is 13.3 Å². The van der Waals surface area contributed by atoms with Crippen molar-refractivity contribution >= 4 is 7.32 Å². The van der Waals surface area contributed by atoms with Gasteiger partial charge in [-0.3, -0.25) is 0 Å². The second-order valence-electron chi connectivity index (χ2n) is 4.44. The van der Waals surface area contributed by atoms with E-state index in [0.717, 1.165) is 11.1 Å². The van der Waals surface area contributed by atoms with E-state index in [1.165, 1.54) is 0 Å². The van der Waals surface area contributed by atoms with Crippen molar-refractivity contribution in [2.75, 3.05) is 0 Å². The van der Waals surface area contributed by atoms with Gasteiger partial charge in [0, 0.05) is 11.1 Å². The third kappa shape index (κ3) is 3.28. The van der Waals surface area contributed by atoms with E-state index in [2.05, 4.69) is 15.0 Å². The minimum absolute atomic E-state index is 0.150. The lowest BCUT2D eigenvalue weighted by Crippen LogP contribution is -2.22. The summed E-state index contributed by atoms with van der Waals surface area (Å²) in [5.41, 5.74) is 1.55. The quantitative estimate of drug-likeness (QED) is 0.710. The summed E-state index contributed by atoms with van der Waals surface area (Å²) in [6, 6.07) is 18.5. The molecule has 1 aromatic heterocycles. The van der Waals surface area contributed by atoms with Gasteiger partial charge in [-0.05, 0) is 0 Å². The predicted molar refractivity (Wildman–Crippen MR) is 81.5 cm³/mol. The van der Waals surface area contributed by atoms with Gasteiger partial charge in [-0.15, -0.1) is 0 Å². The molecule has 7 heteroatoms. The van der Waals surface area contributed by atoms with Gasteiger partial charge in [0.15, 0.2) is 11.6 Å². The number of hydrogen-bond acceptors (Lipinski definition) is 6. The van der Waals surface area contributed by atoms with Crippen LogP contribution in [0.2, 0.25) is 0 Å². The van der Waals surface area contributed by atoms with E-state index in [0.29, 0.717) is 11.6 Å². The first kappa shape index (κ1) is 14.2. The molecule has 0 saturated heterocycles. The van der Waals surface area contributed by atoms with Crippen molar-refractivity contribution in [1.29, 1.82) is 0 Å². The Bertz CT molecular complexity index is 697. The Morgan fingerprint density at radius 2 is 1.14 bits per heavy atom. The van der Waals surface area contributed by atoms with Gasteiger partial charge in [0.1, 0.15) is 0 Å². The van der Waals surface area contributed by atoms with Gasteiger partial charge in [0.25, 0.3) is 0 Å². The fourth-order valence-electron chi connectivity index (χ4n) is 1.94. The molecule has 0 aliphatic carbocycles. The number of benzene rings is 2. The van der Waals surface area contributed by atoms with Gasteiger partial charge < -0.3 is 14.7 Å². The molecule has 0 aliphatic heterocycles. The zero-order valence-electron chi connectivity index (χ0n) is 11.5. The molecule has 0 spiro atoms. The molecule has 0 radical (unpaired) electrons. The highest BCUT2D eigenvalue weighted by Gasteiger charge is 2.17. The highest BCUT2D eigenvalue weighted by atomic mass is 16.6. The van der Waals surface area contributed by atoms with Crippen LogP contribution < -0.4 is 4.65 Å². The Balaban J connectivity index is 2.10. The molecule has 2 aromatic carbocycles. The molecule has 1 heterocycles. The molecule has 22 heavy (non-hydrogen) atoms. The Hall–Kier alpha value is -2.77. The molecule has 2 N–H and O–H groups in total. The molecule has 0 unspecified atom stereocenters. The monoisotopic (exact) mass is 293 g/mol. The van der Waals surface area contributed by atoms with E-state index in [-0.39, 0.29) is 6.01 Å². The average Bonchev–Trinajstić information content (AvgIpc) is 2.55. The van der Waals surface area contributed by atoms with E-state index >= 15 is 0 Å². The standard InChI is InChI=1S/C15H12BN3O3/c20-16(21)22-15-18-13(11-7-3-1-4-8-11)17-14(19-15)12-9-5-2-6-10-12/h1-10,20-21H. The third-order valence-corrected chi connectivity index (χ3v) is 2.89. The normalized spacial score (nSPS) is 10.3. The summed E-state index contributed by atoms with van der Waals surface area (Å²) in [5, 5.41) is 17.9. The molecule has 0 fully saturated rings. The first-order valence-corrected chi connectivity index (χ1v) is 6.62. The van der Waals surface area contributed by atoms with Gasteiger partial charge in [-0.1, -0.05) is 60.7 Å². The first-order valence-electron chi connectivity index (χ1n) is 6.62. The predicted octanol–water partition coefficient (Wildman–Crippen LogP) is 1.55. The van der Waals surface area contributed by atoms with Crippen LogP contribution in [0.15, 0.2) is 60.7 Å². The smallest absolute Gasteiger partial charge is 0.483 e. The van der Waals surface area contributed by atoms with Crippen LogP contribution in [0.1, 0.15) is 0 Å².